The lowest BCUT2D eigenvalue weighted by molar-refractivity contribution is -0.138. The zero-order chi connectivity index (χ0) is 21.0. The number of carbonyl (C=O) groups is 2. The Morgan fingerprint density at radius 3 is 2.53 bits per heavy atom. The van der Waals surface area contributed by atoms with Gasteiger partial charge in [-0.2, -0.15) is 0 Å². The summed E-state index contributed by atoms with van der Waals surface area (Å²) in [7, 11) is 0. The standard InChI is InChI=1S/C24H28N2O3S/c1-19-6-5-9-21(16-19)23(28)26-14-15-30-24(26)10-12-25(13-11-24)22(27)18-29-17-20-7-3-2-4-8-20/h2-9,16H,10-15,17-18H2,1H3. The summed E-state index contributed by atoms with van der Waals surface area (Å²) in [6.07, 6.45) is 1.61. The highest BCUT2D eigenvalue weighted by molar-refractivity contribution is 8.00. The highest BCUT2D eigenvalue weighted by Crippen LogP contribution is 2.44. The van der Waals surface area contributed by atoms with Crippen molar-refractivity contribution in [3.05, 3.63) is 71.3 Å². The lowest BCUT2D eigenvalue weighted by Gasteiger charge is -2.44. The van der Waals surface area contributed by atoms with Gasteiger partial charge in [-0.05, 0) is 37.5 Å². The zero-order valence-electron chi connectivity index (χ0n) is 17.4. The van der Waals surface area contributed by atoms with E-state index in [1.165, 1.54) is 0 Å². The molecule has 6 heteroatoms. The maximum atomic E-state index is 13.2. The van der Waals surface area contributed by atoms with E-state index in [0.717, 1.165) is 41.8 Å². The Kier molecular flexibility index (Phi) is 6.44. The van der Waals surface area contributed by atoms with Crippen molar-refractivity contribution in [1.82, 2.24) is 9.80 Å². The first kappa shape index (κ1) is 20.9. The highest BCUT2D eigenvalue weighted by Gasteiger charge is 2.47. The summed E-state index contributed by atoms with van der Waals surface area (Å²) in [5.74, 6) is 1.08. The molecule has 0 radical (unpaired) electrons. The van der Waals surface area contributed by atoms with E-state index in [9.17, 15) is 9.59 Å². The van der Waals surface area contributed by atoms with Crippen LogP contribution in [0.3, 0.4) is 0 Å². The van der Waals surface area contributed by atoms with Gasteiger partial charge < -0.3 is 14.5 Å². The Morgan fingerprint density at radius 2 is 1.80 bits per heavy atom. The maximum Gasteiger partial charge on any atom is 0.255 e. The predicted octanol–water partition coefficient (Wildman–Crippen LogP) is 3.72. The van der Waals surface area contributed by atoms with E-state index in [0.29, 0.717) is 19.7 Å². The van der Waals surface area contributed by atoms with Crippen LogP contribution in [0.4, 0.5) is 0 Å². The summed E-state index contributed by atoms with van der Waals surface area (Å²) >= 11 is 1.87. The topological polar surface area (TPSA) is 49.9 Å². The molecule has 2 aromatic rings. The number of benzene rings is 2. The van der Waals surface area contributed by atoms with Crippen LogP contribution in [0.1, 0.15) is 34.3 Å². The highest BCUT2D eigenvalue weighted by atomic mass is 32.2. The molecule has 0 N–H and O–H groups in total. The summed E-state index contributed by atoms with van der Waals surface area (Å²) in [6, 6.07) is 17.7. The van der Waals surface area contributed by atoms with E-state index in [-0.39, 0.29) is 23.3 Å². The summed E-state index contributed by atoms with van der Waals surface area (Å²) in [6.45, 7) is 4.65. The number of likely N-dealkylation sites (tertiary alicyclic amines) is 1. The molecule has 2 saturated heterocycles. The smallest absolute Gasteiger partial charge is 0.255 e. The van der Waals surface area contributed by atoms with E-state index in [1.54, 1.807) is 0 Å². The van der Waals surface area contributed by atoms with Gasteiger partial charge in [0.05, 0.1) is 11.5 Å². The van der Waals surface area contributed by atoms with Crippen molar-refractivity contribution >= 4 is 23.6 Å². The van der Waals surface area contributed by atoms with Crippen LogP contribution >= 0.6 is 11.8 Å². The number of hydrogen-bond acceptors (Lipinski definition) is 4. The largest absolute Gasteiger partial charge is 0.367 e. The molecule has 30 heavy (non-hydrogen) atoms. The van der Waals surface area contributed by atoms with Crippen LogP contribution in [0.25, 0.3) is 0 Å². The monoisotopic (exact) mass is 424 g/mol. The van der Waals surface area contributed by atoms with Gasteiger partial charge in [-0.1, -0.05) is 48.0 Å². The second-order valence-corrected chi connectivity index (χ2v) is 9.44. The van der Waals surface area contributed by atoms with Crippen molar-refractivity contribution in [3.63, 3.8) is 0 Å². The maximum absolute atomic E-state index is 13.2. The van der Waals surface area contributed by atoms with E-state index in [1.807, 2.05) is 83.1 Å². The van der Waals surface area contributed by atoms with Crippen LogP contribution in [-0.2, 0) is 16.1 Å². The van der Waals surface area contributed by atoms with Crippen LogP contribution in [-0.4, -0.2) is 58.5 Å². The summed E-state index contributed by atoms with van der Waals surface area (Å²) in [5.41, 5.74) is 2.91. The molecule has 0 aliphatic carbocycles. The first-order valence-corrected chi connectivity index (χ1v) is 11.5. The third-order valence-corrected chi connectivity index (χ3v) is 7.47. The van der Waals surface area contributed by atoms with Crippen molar-refractivity contribution in [3.8, 4) is 0 Å². The number of thioether (sulfide) groups is 1. The van der Waals surface area contributed by atoms with Crippen LogP contribution < -0.4 is 0 Å². The van der Waals surface area contributed by atoms with Gasteiger partial charge in [0.1, 0.15) is 6.61 Å². The summed E-state index contributed by atoms with van der Waals surface area (Å²) in [4.78, 5) is 29.5. The molecule has 2 aliphatic heterocycles. The molecular weight excluding hydrogens is 396 g/mol. The average molecular weight is 425 g/mol. The van der Waals surface area contributed by atoms with E-state index in [2.05, 4.69) is 0 Å². The second-order valence-electron chi connectivity index (χ2n) is 7.98. The fraction of sp³-hybridized carbons (Fsp3) is 0.417. The summed E-state index contributed by atoms with van der Waals surface area (Å²) in [5, 5.41) is 0. The Hall–Kier alpha value is -2.31. The van der Waals surface area contributed by atoms with Crippen molar-refractivity contribution in [2.24, 2.45) is 0 Å². The number of rotatable bonds is 5. The second kappa shape index (κ2) is 9.23. The fourth-order valence-corrected chi connectivity index (χ4v) is 5.73. The molecule has 0 saturated carbocycles. The molecule has 0 atom stereocenters. The number of ether oxygens (including phenoxy) is 1. The van der Waals surface area contributed by atoms with Gasteiger partial charge in [0.15, 0.2) is 0 Å². The van der Waals surface area contributed by atoms with Crippen LogP contribution in [0.15, 0.2) is 54.6 Å². The van der Waals surface area contributed by atoms with Crippen molar-refractivity contribution < 1.29 is 14.3 Å². The third-order valence-electron chi connectivity index (χ3n) is 5.92. The number of nitrogens with zero attached hydrogens (tertiary/aromatic N) is 2. The number of piperidine rings is 1. The molecule has 2 aromatic carbocycles. The van der Waals surface area contributed by atoms with Gasteiger partial charge in [-0.15, -0.1) is 11.8 Å². The fourth-order valence-electron chi connectivity index (χ4n) is 4.27. The first-order chi connectivity index (χ1) is 14.6. The molecule has 4 rings (SSSR count). The Balaban J connectivity index is 1.32. The normalized spacial score (nSPS) is 18.0. The molecule has 2 amide bonds. The molecule has 0 bridgehead atoms. The zero-order valence-corrected chi connectivity index (χ0v) is 18.2. The van der Waals surface area contributed by atoms with Gasteiger partial charge in [-0.25, -0.2) is 0 Å². The first-order valence-electron chi connectivity index (χ1n) is 10.5. The number of aryl methyl sites for hydroxylation is 1. The number of amides is 2. The molecule has 0 aromatic heterocycles. The SMILES string of the molecule is Cc1cccc(C(=O)N2CCSC23CCN(C(=O)COCc2ccccc2)CC3)c1. The van der Waals surface area contributed by atoms with E-state index < -0.39 is 0 Å². The minimum atomic E-state index is -0.192. The minimum Gasteiger partial charge on any atom is -0.367 e. The van der Waals surface area contributed by atoms with Crippen LogP contribution in [0.2, 0.25) is 0 Å². The van der Waals surface area contributed by atoms with E-state index in [4.69, 9.17) is 4.74 Å². The van der Waals surface area contributed by atoms with Gasteiger partial charge in [0.2, 0.25) is 5.91 Å². The van der Waals surface area contributed by atoms with Crippen LogP contribution in [0.5, 0.6) is 0 Å². The molecule has 5 nitrogen and oxygen atoms in total. The Morgan fingerprint density at radius 1 is 1.03 bits per heavy atom. The van der Waals surface area contributed by atoms with Gasteiger partial charge in [-0.3, -0.25) is 9.59 Å². The number of carbonyl (C=O) groups excluding carboxylic acids is 2. The molecule has 0 unspecified atom stereocenters. The van der Waals surface area contributed by atoms with E-state index >= 15 is 0 Å². The Bertz CT molecular complexity index is 894. The van der Waals surface area contributed by atoms with Gasteiger partial charge in [0, 0.05) is 31.0 Å². The third kappa shape index (κ3) is 4.55. The number of hydrogen-bond donors (Lipinski definition) is 0. The van der Waals surface area contributed by atoms with Crippen molar-refractivity contribution in [1.29, 1.82) is 0 Å². The molecule has 2 fully saturated rings. The van der Waals surface area contributed by atoms with Gasteiger partial charge in [0.25, 0.3) is 5.91 Å². The lowest BCUT2D eigenvalue weighted by atomic mass is 10.0. The minimum absolute atomic E-state index is 0.0281. The van der Waals surface area contributed by atoms with Crippen molar-refractivity contribution in [2.45, 2.75) is 31.2 Å². The van der Waals surface area contributed by atoms with Gasteiger partial charge >= 0.3 is 0 Å². The molecule has 158 valence electrons. The predicted molar refractivity (Wildman–Crippen MR) is 119 cm³/mol. The molecule has 2 heterocycles. The summed E-state index contributed by atoms with van der Waals surface area (Å²) < 4.78 is 5.62. The molecule has 1 spiro atoms. The molecular formula is C24H28N2O3S. The van der Waals surface area contributed by atoms with Crippen LogP contribution in [0, 0.1) is 6.92 Å². The average Bonchev–Trinajstić information content (AvgIpc) is 3.17. The Labute approximate surface area is 182 Å². The molecule has 2 aliphatic rings. The van der Waals surface area contributed by atoms with Crippen molar-refractivity contribution in [2.75, 3.05) is 32.0 Å². The lowest BCUT2D eigenvalue weighted by Crippen LogP contribution is -2.54. The quantitative estimate of drug-likeness (QED) is 0.734.